The summed E-state index contributed by atoms with van der Waals surface area (Å²) in [6.45, 7) is 3.84. The minimum atomic E-state index is -3.78. The molecule has 0 radical (unpaired) electrons. The molecular weight excluding hydrogens is 410 g/mol. The van der Waals surface area contributed by atoms with Crippen LogP contribution in [0.5, 0.6) is 5.75 Å². The van der Waals surface area contributed by atoms with Crippen molar-refractivity contribution in [1.82, 2.24) is 9.71 Å². The highest BCUT2D eigenvalue weighted by Gasteiger charge is 2.21. The number of aromatic nitrogens is 1. The van der Waals surface area contributed by atoms with Crippen LogP contribution in [-0.2, 0) is 10.0 Å². The number of methoxy groups -OCH3 is 1. The molecule has 3 rings (SSSR count). The van der Waals surface area contributed by atoms with Crippen LogP contribution >= 0.6 is 11.3 Å². The number of sulfonamides is 1. The van der Waals surface area contributed by atoms with E-state index in [1.807, 2.05) is 30.5 Å². The lowest BCUT2D eigenvalue weighted by Crippen LogP contribution is -2.24. The predicted molar refractivity (Wildman–Crippen MR) is 114 cm³/mol. The number of amides is 1. The molecule has 2 N–H and O–H groups in total. The van der Waals surface area contributed by atoms with Gasteiger partial charge in [-0.1, -0.05) is 19.1 Å². The van der Waals surface area contributed by atoms with E-state index in [0.717, 1.165) is 16.3 Å². The molecule has 0 spiro atoms. The number of aryl methyl sites for hydroxylation is 1. The van der Waals surface area contributed by atoms with Crippen LogP contribution in [-0.4, -0.2) is 33.0 Å². The molecule has 1 heterocycles. The molecule has 3 aromatic rings. The van der Waals surface area contributed by atoms with E-state index >= 15 is 0 Å². The first-order chi connectivity index (χ1) is 13.8. The smallest absolute Gasteiger partial charge is 0.255 e. The SMILES string of the molecule is CCNS(=O)(=O)c1cc(C(=O)Nc2cccc(-c3csc(C)n3)c2)ccc1OC. The molecule has 0 atom stereocenters. The Labute approximate surface area is 173 Å². The highest BCUT2D eigenvalue weighted by molar-refractivity contribution is 7.89. The van der Waals surface area contributed by atoms with Gasteiger partial charge in [0.05, 0.1) is 17.8 Å². The fourth-order valence-electron chi connectivity index (χ4n) is 2.75. The summed E-state index contributed by atoms with van der Waals surface area (Å²) in [5.74, 6) is -0.254. The summed E-state index contributed by atoms with van der Waals surface area (Å²) >= 11 is 1.55. The maximum absolute atomic E-state index is 12.7. The van der Waals surface area contributed by atoms with Gasteiger partial charge in [-0.2, -0.15) is 0 Å². The van der Waals surface area contributed by atoms with Gasteiger partial charge in [0.2, 0.25) is 10.0 Å². The van der Waals surface area contributed by atoms with Gasteiger partial charge in [-0.25, -0.2) is 18.1 Å². The summed E-state index contributed by atoms with van der Waals surface area (Å²) in [6.07, 6.45) is 0. The molecule has 0 bridgehead atoms. The van der Waals surface area contributed by atoms with Crippen LogP contribution < -0.4 is 14.8 Å². The van der Waals surface area contributed by atoms with Crippen LogP contribution in [0, 0.1) is 6.92 Å². The Kier molecular flexibility index (Phi) is 6.31. The molecule has 0 fully saturated rings. The molecule has 0 saturated heterocycles. The van der Waals surface area contributed by atoms with Crippen LogP contribution in [0.25, 0.3) is 11.3 Å². The summed E-state index contributed by atoms with van der Waals surface area (Å²) in [4.78, 5) is 17.1. The lowest BCUT2D eigenvalue weighted by molar-refractivity contribution is 0.102. The number of nitrogens with one attached hydrogen (secondary N) is 2. The minimum absolute atomic E-state index is 0.0822. The zero-order valence-electron chi connectivity index (χ0n) is 16.2. The Hall–Kier alpha value is -2.75. The van der Waals surface area contributed by atoms with Crippen molar-refractivity contribution in [3.63, 3.8) is 0 Å². The Bertz CT molecular complexity index is 1140. The third-order valence-electron chi connectivity index (χ3n) is 4.08. The maximum atomic E-state index is 12.7. The fourth-order valence-corrected chi connectivity index (χ4v) is 4.61. The van der Waals surface area contributed by atoms with Gasteiger partial charge in [-0.15, -0.1) is 11.3 Å². The summed E-state index contributed by atoms with van der Waals surface area (Å²) in [7, 11) is -2.40. The first-order valence-electron chi connectivity index (χ1n) is 8.85. The Morgan fingerprint density at radius 1 is 1.21 bits per heavy atom. The zero-order valence-corrected chi connectivity index (χ0v) is 17.9. The van der Waals surface area contributed by atoms with Gasteiger partial charge < -0.3 is 10.1 Å². The third-order valence-corrected chi connectivity index (χ3v) is 6.43. The molecule has 9 heteroatoms. The third kappa shape index (κ3) is 4.81. The minimum Gasteiger partial charge on any atom is -0.495 e. The number of nitrogens with zero attached hydrogens (tertiary/aromatic N) is 1. The van der Waals surface area contributed by atoms with Crippen molar-refractivity contribution in [1.29, 1.82) is 0 Å². The van der Waals surface area contributed by atoms with Crippen molar-refractivity contribution >= 4 is 33.0 Å². The van der Waals surface area contributed by atoms with E-state index in [1.54, 1.807) is 24.3 Å². The lowest BCUT2D eigenvalue weighted by Gasteiger charge is -2.12. The van der Waals surface area contributed by atoms with Crippen LogP contribution in [0.1, 0.15) is 22.3 Å². The van der Waals surface area contributed by atoms with Crippen molar-refractivity contribution in [2.24, 2.45) is 0 Å². The Morgan fingerprint density at radius 2 is 2.00 bits per heavy atom. The van der Waals surface area contributed by atoms with E-state index in [9.17, 15) is 13.2 Å². The van der Waals surface area contributed by atoms with Gasteiger partial charge in [-0.05, 0) is 37.3 Å². The zero-order chi connectivity index (χ0) is 21.0. The summed E-state index contributed by atoms with van der Waals surface area (Å²) < 4.78 is 32.4. The van der Waals surface area contributed by atoms with Crippen LogP contribution in [0.2, 0.25) is 0 Å². The number of hydrogen-bond acceptors (Lipinski definition) is 6. The molecule has 0 aliphatic heterocycles. The van der Waals surface area contributed by atoms with Crippen LogP contribution in [0.15, 0.2) is 52.7 Å². The largest absolute Gasteiger partial charge is 0.495 e. The van der Waals surface area contributed by atoms with E-state index in [-0.39, 0.29) is 22.8 Å². The topological polar surface area (TPSA) is 97.4 Å². The first-order valence-corrected chi connectivity index (χ1v) is 11.2. The number of benzene rings is 2. The van der Waals surface area contributed by atoms with E-state index in [4.69, 9.17) is 4.74 Å². The van der Waals surface area contributed by atoms with Gasteiger partial charge in [0.25, 0.3) is 5.91 Å². The quantitative estimate of drug-likeness (QED) is 0.595. The molecule has 0 aliphatic rings. The second-order valence-corrected chi connectivity index (χ2v) is 8.95. The highest BCUT2D eigenvalue weighted by Crippen LogP contribution is 2.27. The molecule has 1 amide bonds. The normalized spacial score (nSPS) is 11.3. The van der Waals surface area contributed by atoms with Crippen LogP contribution in [0.4, 0.5) is 5.69 Å². The van der Waals surface area contributed by atoms with Crippen molar-refractivity contribution in [2.45, 2.75) is 18.7 Å². The fraction of sp³-hybridized carbons (Fsp3) is 0.200. The molecule has 0 aliphatic carbocycles. The van der Waals surface area contributed by atoms with E-state index in [2.05, 4.69) is 15.0 Å². The first kappa shape index (κ1) is 21.0. The molecule has 1 aromatic heterocycles. The number of carbonyl (C=O) groups excluding carboxylic acids is 1. The van der Waals surface area contributed by atoms with Gasteiger partial charge in [0, 0.05) is 28.7 Å². The summed E-state index contributed by atoms with van der Waals surface area (Å²) in [5.41, 5.74) is 2.52. The average molecular weight is 432 g/mol. The molecular formula is C20H21N3O4S2. The number of thiazole rings is 1. The van der Waals surface area contributed by atoms with Crippen molar-refractivity contribution in [3.8, 4) is 17.0 Å². The van der Waals surface area contributed by atoms with E-state index in [1.165, 1.54) is 25.3 Å². The molecule has 29 heavy (non-hydrogen) atoms. The molecule has 0 saturated carbocycles. The molecule has 7 nitrogen and oxygen atoms in total. The number of anilines is 1. The Balaban J connectivity index is 1.88. The molecule has 0 unspecified atom stereocenters. The number of carbonyl (C=O) groups is 1. The van der Waals surface area contributed by atoms with Gasteiger partial charge in [-0.3, -0.25) is 4.79 Å². The van der Waals surface area contributed by atoms with E-state index < -0.39 is 15.9 Å². The van der Waals surface area contributed by atoms with Crippen LogP contribution in [0.3, 0.4) is 0 Å². The average Bonchev–Trinajstić information content (AvgIpc) is 3.14. The highest BCUT2D eigenvalue weighted by atomic mass is 32.2. The van der Waals surface area contributed by atoms with Crippen molar-refractivity contribution in [2.75, 3.05) is 19.0 Å². The number of rotatable bonds is 7. The predicted octanol–water partition coefficient (Wildman–Crippen LogP) is 3.68. The standard InChI is InChI=1S/C20H21N3O4S2/c1-4-21-29(25,26)19-11-15(8-9-18(19)27-3)20(24)23-16-7-5-6-14(10-16)17-12-28-13(2)22-17/h5-12,21H,4H2,1-3H3,(H,23,24). The second-order valence-electron chi connectivity index (χ2n) is 6.15. The van der Waals surface area contributed by atoms with Crippen molar-refractivity contribution < 1.29 is 17.9 Å². The molecule has 152 valence electrons. The van der Waals surface area contributed by atoms with E-state index in [0.29, 0.717) is 5.69 Å². The van der Waals surface area contributed by atoms with Gasteiger partial charge in [0.15, 0.2) is 0 Å². The van der Waals surface area contributed by atoms with Crippen molar-refractivity contribution in [3.05, 3.63) is 58.4 Å². The Morgan fingerprint density at radius 3 is 2.66 bits per heavy atom. The number of hydrogen-bond donors (Lipinski definition) is 2. The maximum Gasteiger partial charge on any atom is 0.255 e. The molecule has 2 aromatic carbocycles. The summed E-state index contributed by atoms with van der Waals surface area (Å²) in [5, 5.41) is 5.72. The number of ether oxygens (including phenoxy) is 1. The lowest BCUT2D eigenvalue weighted by atomic mass is 10.1. The monoisotopic (exact) mass is 431 g/mol. The van der Waals surface area contributed by atoms with Gasteiger partial charge >= 0.3 is 0 Å². The summed E-state index contributed by atoms with van der Waals surface area (Å²) in [6, 6.07) is 11.6. The van der Waals surface area contributed by atoms with Gasteiger partial charge in [0.1, 0.15) is 10.6 Å². The second kappa shape index (κ2) is 8.73.